The van der Waals surface area contributed by atoms with Crippen LogP contribution in [0.1, 0.15) is 38.8 Å². The fourth-order valence-corrected chi connectivity index (χ4v) is 2.16. The van der Waals surface area contributed by atoms with Crippen molar-refractivity contribution in [3.05, 3.63) is 18.0 Å². The zero-order valence-electron chi connectivity index (χ0n) is 13.4. The molecule has 0 radical (unpaired) electrons. The topological polar surface area (TPSA) is 63.6 Å². The summed E-state index contributed by atoms with van der Waals surface area (Å²) >= 11 is 0. The monoisotopic (exact) mass is 296 g/mol. The number of aryl methyl sites for hydroxylation is 1. The van der Waals surface area contributed by atoms with Crippen LogP contribution in [-0.2, 0) is 11.2 Å². The number of aromatic nitrogens is 1. The molecule has 0 aromatic carbocycles. The Labute approximate surface area is 127 Å². The lowest BCUT2D eigenvalue weighted by Crippen LogP contribution is -2.21. The molecule has 0 bridgehead atoms. The van der Waals surface area contributed by atoms with Crippen LogP contribution in [0.2, 0.25) is 0 Å². The van der Waals surface area contributed by atoms with E-state index in [1.54, 1.807) is 13.3 Å². The Kier molecular flexibility index (Phi) is 8.78. The van der Waals surface area contributed by atoms with Crippen LogP contribution < -0.4 is 10.1 Å². The number of pyridine rings is 1. The Morgan fingerprint density at radius 3 is 2.71 bits per heavy atom. The molecule has 0 spiro atoms. The highest BCUT2D eigenvalue weighted by atomic mass is 16.5. The van der Waals surface area contributed by atoms with Crippen molar-refractivity contribution in [2.24, 2.45) is 0 Å². The van der Waals surface area contributed by atoms with Gasteiger partial charge in [-0.2, -0.15) is 0 Å². The van der Waals surface area contributed by atoms with Crippen molar-refractivity contribution in [3.63, 3.8) is 0 Å². The van der Waals surface area contributed by atoms with Gasteiger partial charge in [0.05, 0.1) is 18.5 Å². The molecule has 1 aromatic rings. The first kappa shape index (κ1) is 17.7. The molecule has 120 valence electrons. The number of hydrogen-bond donors (Lipinski definition) is 2. The molecule has 21 heavy (non-hydrogen) atoms. The first-order chi connectivity index (χ1) is 10.2. The standard InChI is InChI=1S/C16H28N2O3/c1-4-6-14(7-8-19)18-15-11-13(5-2)17-12-16(15)21-10-9-20-3/h11-12,14,19H,4-10H2,1-3H3,(H,17,18). The Balaban J connectivity index is 2.82. The zero-order chi connectivity index (χ0) is 15.5. The molecule has 0 aliphatic rings. The molecule has 0 amide bonds. The molecule has 1 atom stereocenters. The van der Waals surface area contributed by atoms with E-state index in [-0.39, 0.29) is 12.6 Å². The first-order valence-corrected chi connectivity index (χ1v) is 7.73. The van der Waals surface area contributed by atoms with E-state index in [0.29, 0.717) is 13.2 Å². The van der Waals surface area contributed by atoms with Crippen LogP contribution >= 0.6 is 0 Å². The van der Waals surface area contributed by atoms with E-state index >= 15 is 0 Å². The molecule has 1 unspecified atom stereocenters. The summed E-state index contributed by atoms with van der Waals surface area (Å²) in [6, 6.07) is 2.28. The molecule has 5 heteroatoms. The van der Waals surface area contributed by atoms with Gasteiger partial charge in [-0.15, -0.1) is 0 Å². The molecule has 1 heterocycles. The Morgan fingerprint density at radius 1 is 1.29 bits per heavy atom. The highest BCUT2D eigenvalue weighted by molar-refractivity contribution is 5.56. The third-order valence-electron chi connectivity index (χ3n) is 3.31. The van der Waals surface area contributed by atoms with E-state index in [2.05, 4.69) is 24.1 Å². The van der Waals surface area contributed by atoms with Gasteiger partial charge in [0.1, 0.15) is 6.61 Å². The van der Waals surface area contributed by atoms with Gasteiger partial charge in [-0.1, -0.05) is 20.3 Å². The maximum absolute atomic E-state index is 9.18. The van der Waals surface area contributed by atoms with Gasteiger partial charge in [0, 0.05) is 25.5 Å². The highest BCUT2D eigenvalue weighted by Crippen LogP contribution is 2.26. The summed E-state index contributed by atoms with van der Waals surface area (Å²) in [5.74, 6) is 0.739. The molecular formula is C16H28N2O3. The Hall–Kier alpha value is -1.33. The van der Waals surface area contributed by atoms with Gasteiger partial charge in [-0.25, -0.2) is 0 Å². The number of aliphatic hydroxyl groups is 1. The number of anilines is 1. The van der Waals surface area contributed by atoms with Crippen LogP contribution in [0.5, 0.6) is 5.75 Å². The van der Waals surface area contributed by atoms with Gasteiger partial charge >= 0.3 is 0 Å². The normalized spacial score (nSPS) is 12.2. The van der Waals surface area contributed by atoms with Crippen molar-refractivity contribution < 1.29 is 14.6 Å². The zero-order valence-corrected chi connectivity index (χ0v) is 13.4. The maximum atomic E-state index is 9.18. The van der Waals surface area contributed by atoms with Gasteiger partial charge in [-0.3, -0.25) is 4.98 Å². The summed E-state index contributed by atoms with van der Waals surface area (Å²) in [6.07, 6.45) is 5.46. The largest absolute Gasteiger partial charge is 0.487 e. The second kappa shape index (κ2) is 10.4. The lowest BCUT2D eigenvalue weighted by atomic mass is 10.1. The molecular weight excluding hydrogens is 268 g/mol. The fraction of sp³-hybridized carbons (Fsp3) is 0.688. The summed E-state index contributed by atoms with van der Waals surface area (Å²) in [4.78, 5) is 4.38. The average molecular weight is 296 g/mol. The molecule has 0 saturated heterocycles. The van der Waals surface area contributed by atoms with Gasteiger partial charge in [-0.05, 0) is 25.3 Å². The summed E-state index contributed by atoms with van der Waals surface area (Å²) < 4.78 is 10.7. The van der Waals surface area contributed by atoms with Crippen molar-refractivity contribution in [1.29, 1.82) is 0 Å². The van der Waals surface area contributed by atoms with Gasteiger partial charge < -0.3 is 19.9 Å². The van der Waals surface area contributed by atoms with Crippen molar-refractivity contribution in [2.75, 3.05) is 32.2 Å². The van der Waals surface area contributed by atoms with E-state index < -0.39 is 0 Å². The number of aliphatic hydroxyl groups excluding tert-OH is 1. The SMILES string of the molecule is CCCC(CCO)Nc1cc(CC)ncc1OCCOC. The number of methoxy groups -OCH3 is 1. The highest BCUT2D eigenvalue weighted by Gasteiger charge is 2.12. The number of hydrogen-bond acceptors (Lipinski definition) is 5. The lowest BCUT2D eigenvalue weighted by Gasteiger charge is -2.21. The van der Waals surface area contributed by atoms with Crippen molar-refractivity contribution >= 4 is 5.69 Å². The van der Waals surface area contributed by atoms with E-state index in [1.165, 1.54) is 0 Å². The third-order valence-corrected chi connectivity index (χ3v) is 3.31. The van der Waals surface area contributed by atoms with Crippen LogP contribution in [0.15, 0.2) is 12.3 Å². The van der Waals surface area contributed by atoms with Gasteiger partial charge in [0.2, 0.25) is 0 Å². The summed E-state index contributed by atoms with van der Waals surface area (Å²) in [7, 11) is 1.65. The number of nitrogens with one attached hydrogen (secondary N) is 1. The predicted molar refractivity (Wildman–Crippen MR) is 85.0 cm³/mol. The fourth-order valence-electron chi connectivity index (χ4n) is 2.16. The Bertz CT molecular complexity index is 393. The maximum Gasteiger partial charge on any atom is 0.160 e. The number of ether oxygens (including phenoxy) is 2. The van der Waals surface area contributed by atoms with Crippen LogP contribution in [0.4, 0.5) is 5.69 Å². The van der Waals surface area contributed by atoms with Crippen LogP contribution in [0, 0.1) is 0 Å². The average Bonchev–Trinajstić information content (AvgIpc) is 2.49. The van der Waals surface area contributed by atoms with Crippen molar-refractivity contribution in [3.8, 4) is 5.75 Å². The number of nitrogens with zero attached hydrogens (tertiary/aromatic N) is 1. The minimum Gasteiger partial charge on any atom is -0.487 e. The minimum atomic E-state index is 0.184. The summed E-state index contributed by atoms with van der Waals surface area (Å²) in [5, 5.41) is 12.7. The molecule has 0 fully saturated rings. The lowest BCUT2D eigenvalue weighted by molar-refractivity contribution is 0.146. The molecule has 1 aromatic heterocycles. The Morgan fingerprint density at radius 2 is 2.10 bits per heavy atom. The van der Waals surface area contributed by atoms with Crippen LogP contribution in [-0.4, -0.2) is 43.1 Å². The molecule has 0 aliphatic carbocycles. The second-order valence-corrected chi connectivity index (χ2v) is 5.01. The minimum absolute atomic E-state index is 0.184. The van der Waals surface area contributed by atoms with E-state index in [9.17, 15) is 5.11 Å². The predicted octanol–water partition coefficient (Wildman–Crippen LogP) is 2.63. The summed E-state index contributed by atoms with van der Waals surface area (Å²) in [6.45, 7) is 5.45. The van der Waals surface area contributed by atoms with E-state index in [0.717, 1.165) is 42.8 Å². The van der Waals surface area contributed by atoms with E-state index in [1.807, 2.05) is 6.07 Å². The quantitative estimate of drug-likeness (QED) is 0.615. The molecule has 5 nitrogen and oxygen atoms in total. The third kappa shape index (κ3) is 6.31. The van der Waals surface area contributed by atoms with Crippen molar-refractivity contribution in [2.45, 2.75) is 45.6 Å². The molecule has 0 saturated carbocycles. The summed E-state index contributed by atoms with van der Waals surface area (Å²) in [5.41, 5.74) is 1.97. The van der Waals surface area contributed by atoms with Gasteiger partial charge in [0.15, 0.2) is 5.75 Å². The smallest absolute Gasteiger partial charge is 0.160 e. The van der Waals surface area contributed by atoms with Crippen LogP contribution in [0.25, 0.3) is 0 Å². The first-order valence-electron chi connectivity index (χ1n) is 7.73. The van der Waals surface area contributed by atoms with Gasteiger partial charge in [0.25, 0.3) is 0 Å². The van der Waals surface area contributed by atoms with E-state index in [4.69, 9.17) is 9.47 Å². The second-order valence-electron chi connectivity index (χ2n) is 5.01. The van der Waals surface area contributed by atoms with Crippen molar-refractivity contribution in [1.82, 2.24) is 4.98 Å². The molecule has 1 rings (SSSR count). The van der Waals surface area contributed by atoms with Crippen LogP contribution in [0.3, 0.4) is 0 Å². The molecule has 2 N–H and O–H groups in total. The molecule has 0 aliphatic heterocycles. The number of rotatable bonds is 11.